The van der Waals surface area contributed by atoms with Crippen LogP contribution < -0.4 is 10.1 Å². The number of methoxy groups -OCH3 is 1. The minimum atomic E-state index is -0.202. The Labute approximate surface area is 133 Å². The molecule has 0 bridgehead atoms. The van der Waals surface area contributed by atoms with Crippen LogP contribution in [0.1, 0.15) is 22.7 Å². The summed E-state index contributed by atoms with van der Waals surface area (Å²) in [5.74, 6) is 0.605. The first-order valence-electron chi connectivity index (χ1n) is 6.81. The zero-order valence-electron chi connectivity index (χ0n) is 12.4. The summed E-state index contributed by atoms with van der Waals surface area (Å²) in [6, 6.07) is 11.0. The molecule has 0 spiro atoms. The van der Waals surface area contributed by atoms with Crippen molar-refractivity contribution in [2.45, 2.75) is 19.4 Å². The van der Waals surface area contributed by atoms with Crippen molar-refractivity contribution in [3.05, 3.63) is 63.4 Å². The Morgan fingerprint density at radius 1 is 1.24 bits per heavy atom. The third kappa shape index (κ3) is 3.83. The molecule has 0 heterocycles. The number of rotatable bonds is 5. The van der Waals surface area contributed by atoms with Gasteiger partial charge in [0.1, 0.15) is 11.6 Å². The van der Waals surface area contributed by atoms with Crippen molar-refractivity contribution in [2.24, 2.45) is 0 Å². The highest BCUT2D eigenvalue weighted by molar-refractivity contribution is 9.10. The van der Waals surface area contributed by atoms with Gasteiger partial charge in [-0.05, 0) is 77.3 Å². The summed E-state index contributed by atoms with van der Waals surface area (Å²) < 4.78 is 19.7. The summed E-state index contributed by atoms with van der Waals surface area (Å²) >= 11 is 3.50. The second-order valence-corrected chi connectivity index (χ2v) is 5.87. The maximum Gasteiger partial charge on any atom is 0.133 e. The van der Waals surface area contributed by atoms with Crippen molar-refractivity contribution in [2.75, 3.05) is 14.2 Å². The number of benzene rings is 2. The molecule has 112 valence electrons. The first-order chi connectivity index (χ1) is 10.0. The summed E-state index contributed by atoms with van der Waals surface area (Å²) in [6.45, 7) is 2.00. The van der Waals surface area contributed by atoms with E-state index in [1.807, 2.05) is 38.2 Å². The first kappa shape index (κ1) is 16.0. The smallest absolute Gasteiger partial charge is 0.133 e. The van der Waals surface area contributed by atoms with Crippen molar-refractivity contribution >= 4 is 15.9 Å². The highest BCUT2D eigenvalue weighted by Gasteiger charge is 2.14. The lowest BCUT2D eigenvalue weighted by Crippen LogP contribution is -2.20. The van der Waals surface area contributed by atoms with E-state index >= 15 is 0 Å². The van der Waals surface area contributed by atoms with Gasteiger partial charge < -0.3 is 10.1 Å². The molecular weight excluding hydrogens is 333 g/mol. The number of hydrogen-bond donors (Lipinski definition) is 1. The fraction of sp³-hybridized carbons (Fsp3) is 0.294. The number of nitrogens with one attached hydrogen (secondary N) is 1. The highest BCUT2D eigenvalue weighted by Crippen LogP contribution is 2.28. The Balaban J connectivity index is 2.26. The molecule has 1 N–H and O–H groups in total. The second-order valence-electron chi connectivity index (χ2n) is 5.02. The largest absolute Gasteiger partial charge is 0.496 e. The molecule has 21 heavy (non-hydrogen) atoms. The van der Waals surface area contributed by atoms with Crippen LogP contribution in [0.5, 0.6) is 5.75 Å². The standard InChI is InChI=1S/C17H19BrFNO/c1-11-4-6-13(19)10-14(11)16(20-2)9-12-5-7-17(21-3)15(18)8-12/h4-8,10,16,20H,9H2,1-3H3. The van der Waals surface area contributed by atoms with Crippen molar-refractivity contribution in [1.82, 2.24) is 5.32 Å². The molecular formula is C17H19BrFNO. The minimum absolute atomic E-state index is 0.0704. The third-order valence-corrected chi connectivity index (χ3v) is 4.24. The molecule has 0 aliphatic carbocycles. The Bertz CT molecular complexity index is 630. The van der Waals surface area contributed by atoms with E-state index in [9.17, 15) is 4.39 Å². The maximum atomic E-state index is 13.5. The van der Waals surface area contributed by atoms with Gasteiger partial charge in [-0.2, -0.15) is 0 Å². The predicted molar refractivity (Wildman–Crippen MR) is 87.3 cm³/mol. The average molecular weight is 352 g/mol. The van der Waals surface area contributed by atoms with Gasteiger partial charge in [-0.25, -0.2) is 4.39 Å². The summed E-state index contributed by atoms with van der Waals surface area (Å²) in [6.07, 6.45) is 0.781. The quantitative estimate of drug-likeness (QED) is 0.861. The van der Waals surface area contributed by atoms with Crippen LogP contribution >= 0.6 is 15.9 Å². The molecule has 0 aliphatic heterocycles. The van der Waals surface area contributed by atoms with E-state index < -0.39 is 0 Å². The van der Waals surface area contributed by atoms with Crippen LogP contribution in [0, 0.1) is 12.7 Å². The number of hydrogen-bond acceptors (Lipinski definition) is 2. The van der Waals surface area contributed by atoms with Gasteiger partial charge in [0.15, 0.2) is 0 Å². The predicted octanol–water partition coefficient (Wildman–Crippen LogP) is 4.41. The number of aryl methyl sites for hydroxylation is 1. The summed E-state index contributed by atoms with van der Waals surface area (Å²) in [5, 5.41) is 3.27. The Kier molecular flexibility index (Phi) is 5.37. The zero-order valence-corrected chi connectivity index (χ0v) is 14.0. The van der Waals surface area contributed by atoms with Crippen LogP contribution in [-0.4, -0.2) is 14.2 Å². The first-order valence-corrected chi connectivity index (χ1v) is 7.60. The van der Waals surface area contributed by atoms with E-state index in [0.29, 0.717) is 0 Å². The van der Waals surface area contributed by atoms with E-state index in [0.717, 1.165) is 33.3 Å². The van der Waals surface area contributed by atoms with Crippen molar-refractivity contribution < 1.29 is 9.13 Å². The second kappa shape index (κ2) is 7.05. The van der Waals surface area contributed by atoms with Crippen LogP contribution in [0.25, 0.3) is 0 Å². The van der Waals surface area contributed by atoms with Gasteiger partial charge in [-0.3, -0.25) is 0 Å². The van der Waals surface area contributed by atoms with Gasteiger partial charge >= 0.3 is 0 Å². The topological polar surface area (TPSA) is 21.3 Å². The molecule has 2 rings (SSSR count). The highest BCUT2D eigenvalue weighted by atomic mass is 79.9. The van der Waals surface area contributed by atoms with Crippen molar-refractivity contribution in [3.8, 4) is 5.75 Å². The maximum absolute atomic E-state index is 13.5. The lowest BCUT2D eigenvalue weighted by Gasteiger charge is -2.19. The van der Waals surface area contributed by atoms with E-state index in [1.165, 1.54) is 6.07 Å². The van der Waals surface area contributed by atoms with Crippen LogP contribution in [0.3, 0.4) is 0 Å². The molecule has 0 amide bonds. The van der Waals surface area contributed by atoms with Crippen LogP contribution in [0.4, 0.5) is 4.39 Å². The summed E-state index contributed by atoms with van der Waals surface area (Å²) in [4.78, 5) is 0. The molecule has 4 heteroatoms. The molecule has 0 radical (unpaired) electrons. The molecule has 0 aliphatic rings. The summed E-state index contributed by atoms with van der Waals surface area (Å²) in [5.41, 5.74) is 3.23. The van der Waals surface area contributed by atoms with Gasteiger partial charge in [0, 0.05) is 6.04 Å². The fourth-order valence-electron chi connectivity index (χ4n) is 2.43. The van der Waals surface area contributed by atoms with E-state index in [2.05, 4.69) is 21.2 Å². The molecule has 0 saturated carbocycles. The van der Waals surface area contributed by atoms with Crippen LogP contribution in [-0.2, 0) is 6.42 Å². The van der Waals surface area contributed by atoms with E-state index in [4.69, 9.17) is 4.74 Å². The minimum Gasteiger partial charge on any atom is -0.496 e. The Morgan fingerprint density at radius 3 is 2.62 bits per heavy atom. The van der Waals surface area contributed by atoms with Gasteiger partial charge in [0.2, 0.25) is 0 Å². The molecule has 1 atom stereocenters. The lowest BCUT2D eigenvalue weighted by molar-refractivity contribution is 0.412. The van der Waals surface area contributed by atoms with Crippen molar-refractivity contribution in [1.29, 1.82) is 0 Å². The molecule has 1 unspecified atom stereocenters. The third-order valence-electron chi connectivity index (χ3n) is 3.62. The molecule has 0 saturated heterocycles. The normalized spacial score (nSPS) is 12.2. The zero-order chi connectivity index (χ0) is 15.4. The number of likely N-dealkylation sites (N-methyl/N-ethyl adjacent to an activating group) is 1. The molecule has 2 aromatic rings. The molecule has 2 aromatic carbocycles. The van der Waals surface area contributed by atoms with E-state index in [-0.39, 0.29) is 11.9 Å². The molecule has 0 fully saturated rings. The van der Waals surface area contributed by atoms with E-state index in [1.54, 1.807) is 13.2 Å². The monoisotopic (exact) mass is 351 g/mol. The Morgan fingerprint density at radius 2 is 2.00 bits per heavy atom. The molecule has 0 aromatic heterocycles. The van der Waals surface area contributed by atoms with Crippen molar-refractivity contribution in [3.63, 3.8) is 0 Å². The number of halogens is 2. The van der Waals surface area contributed by atoms with Gasteiger partial charge in [-0.1, -0.05) is 12.1 Å². The Hall–Kier alpha value is -1.39. The van der Waals surface area contributed by atoms with Gasteiger partial charge in [0.05, 0.1) is 11.6 Å². The summed E-state index contributed by atoms with van der Waals surface area (Å²) in [7, 11) is 3.54. The van der Waals surface area contributed by atoms with Gasteiger partial charge in [0.25, 0.3) is 0 Å². The SMILES string of the molecule is CNC(Cc1ccc(OC)c(Br)c1)c1cc(F)ccc1C. The number of ether oxygens (including phenoxy) is 1. The average Bonchev–Trinajstić information content (AvgIpc) is 2.47. The molecule has 2 nitrogen and oxygen atoms in total. The van der Waals surface area contributed by atoms with Crippen LogP contribution in [0.2, 0.25) is 0 Å². The van der Waals surface area contributed by atoms with Gasteiger partial charge in [-0.15, -0.1) is 0 Å². The lowest BCUT2D eigenvalue weighted by atomic mass is 9.95. The van der Waals surface area contributed by atoms with Crippen LogP contribution in [0.15, 0.2) is 40.9 Å². The fourth-order valence-corrected chi connectivity index (χ4v) is 3.01.